The van der Waals surface area contributed by atoms with Gasteiger partial charge >= 0.3 is 0 Å². The first-order valence-corrected chi connectivity index (χ1v) is 6.81. The number of nitrogens with two attached hydrogens (primary N) is 1. The minimum Gasteiger partial charge on any atom is -0.398 e. The summed E-state index contributed by atoms with van der Waals surface area (Å²) in [5, 5.41) is 10.8. The Morgan fingerprint density at radius 3 is 2.95 bits per heavy atom. The van der Waals surface area contributed by atoms with E-state index in [4.69, 9.17) is 5.73 Å². The molecule has 5 nitrogen and oxygen atoms in total. The molecule has 1 fully saturated rings. The van der Waals surface area contributed by atoms with Gasteiger partial charge in [0, 0.05) is 24.4 Å². The van der Waals surface area contributed by atoms with Crippen LogP contribution in [0, 0.1) is 16.0 Å². The number of benzene rings is 1. The van der Waals surface area contributed by atoms with E-state index in [9.17, 15) is 10.1 Å². The van der Waals surface area contributed by atoms with Crippen LogP contribution in [0.2, 0.25) is 0 Å². The maximum Gasteiger partial charge on any atom is 0.269 e. The summed E-state index contributed by atoms with van der Waals surface area (Å²) < 4.78 is 0. The highest BCUT2D eigenvalue weighted by Crippen LogP contribution is 2.23. The van der Waals surface area contributed by atoms with Gasteiger partial charge in [-0.3, -0.25) is 15.0 Å². The lowest BCUT2D eigenvalue weighted by atomic mass is 10.0. The summed E-state index contributed by atoms with van der Waals surface area (Å²) in [5.74, 6) is 0.771. The number of non-ortho nitro benzene ring substituents is 1. The fourth-order valence-corrected chi connectivity index (χ4v) is 2.56. The van der Waals surface area contributed by atoms with Gasteiger partial charge in [-0.1, -0.05) is 6.92 Å². The quantitative estimate of drug-likeness (QED) is 0.517. The number of nitrogens with zero attached hydrogens (tertiary/aromatic N) is 2. The topological polar surface area (TPSA) is 72.4 Å². The Morgan fingerprint density at radius 2 is 2.21 bits per heavy atom. The van der Waals surface area contributed by atoms with E-state index >= 15 is 0 Å². The molecular weight excluding hydrogens is 242 g/mol. The zero-order chi connectivity index (χ0) is 13.8. The van der Waals surface area contributed by atoms with Gasteiger partial charge in [0.2, 0.25) is 0 Å². The highest BCUT2D eigenvalue weighted by molar-refractivity contribution is 5.52. The third kappa shape index (κ3) is 3.67. The molecular formula is C14H21N3O2. The van der Waals surface area contributed by atoms with Crippen molar-refractivity contribution >= 4 is 11.4 Å². The first-order chi connectivity index (χ1) is 9.06. The lowest BCUT2D eigenvalue weighted by molar-refractivity contribution is -0.384. The highest BCUT2D eigenvalue weighted by atomic mass is 16.6. The molecule has 104 valence electrons. The van der Waals surface area contributed by atoms with E-state index in [1.807, 2.05) is 0 Å². The molecule has 0 bridgehead atoms. The Kier molecular flexibility index (Phi) is 4.37. The lowest BCUT2D eigenvalue weighted by Gasteiger charge is -2.20. The van der Waals surface area contributed by atoms with Crippen LogP contribution in [0.1, 0.15) is 31.7 Å². The minimum atomic E-state index is -0.368. The number of hydrogen-bond acceptors (Lipinski definition) is 4. The second-order valence-electron chi connectivity index (χ2n) is 5.45. The standard InChI is InChI=1S/C14H21N3O2/c1-11-3-2-7-16(8-6-11)10-12-9-13(17(18)19)4-5-14(12)15/h4-5,9,11H,2-3,6-8,10,15H2,1H3. The highest BCUT2D eigenvalue weighted by Gasteiger charge is 2.16. The van der Waals surface area contributed by atoms with Crippen molar-refractivity contribution < 1.29 is 4.92 Å². The number of nitro benzene ring substituents is 1. The van der Waals surface area contributed by atoms with Crippen molar-refractivity contribution in [3.05, 3.63) is 33.9 Å². The van der Waals surface area contributed by atoms with Crippen LogP contribution in [0.4, 0.5) is 11.4 Å². The molecule has 1 aromatic carbocycles. The van der Waals surface area contributed by atoms with Crippen LogP contribution in [0.15, 0.2) is 18.2 Å². The molecule has 0 aliphatic carbocycles. The van der Waals surface area contributed by atoms with E-state index in [1.165, 1.54) is 25.3 Å². The van der Waals surface area contributed by atoms with Crippen LogP contribution in [-0.2, 0) is 6.54 Å². The Morgan fingerprint density at radius 1 is 1.42 bits per heavy atom. The summed E-state index contributed by atoms with van der Waals surface area (Å²) in [6.45, 7) is 5.08. The maximum atomic E-state index is 10.8. The van der Waals surface area contributed by atoms with E-state index < -0.39 is 0 Å². The van der Waals surface area contributed by atoms with Crippen LogP contribution >= 0.6 is 0 Å². The Balaban J connectivity index is 2.09. The average Bonchev–Trinajstić information content (AvgIpc) is 2.57. The van der Waals surface area contributed by atoms with Crippen LogP contribution in [0.5, 0.6) is 0 Å². The van der Waals surface area contributed by atoms with Crippen molar-refractivity contribution in [1.82, 2.24) is 4.90 Å². The molecule has 0 spiro atoms. The summed E-state index contributed by atoms with van der Waals surface area (Å²) >= 11 is 0. The number of hydrogen-bond donors (Lipinski definition) is 1. The lowest BCUT2D eigenvalue weighted by Crippen LogP contribution is -2.24. The Bertz CT molecular complexity index is 462. The van der Waals surface area contributed by atoms with Crippen LogP contribution in [0.3, 0.4) is 0 Å². The fraction of sp³-hybridized carbons (Fsp3) is 0.571. The number of rotatable bonds is 3. The molecule has 1 aliphatic rings. The molecule has 5 heteroatoms. The summed E-state index contributed by atoms with van der Waals surface area (Å²) in [4.78, 5) is 12.8. The zero-order valence-electron chi connectivity index (χ0n) is 11.3. The summed E-state index contributed by atoms with van der Waals surface area (Å²) in [7, 11) is 0. The molecule has 0 saturated carbocycles. The molecule has 1 unspecified atom stereocenters. The van der Waals surface area contributed by atoms with Gasteiger partial charge in [-0.15, -0.1) is 0 Å². The predicted molar refractivity (Wildman–Crippen MR) is 75.8 cm³/mol. The SMILES string of the molecule is CC1CCCN(Cc2cc([N+](=O)[O-])ccc2N)CC1. The van der Waals surface area contributed by atoms with E-state index in [2.05, 4.69) is 11.8 Å². The number of nitrogen functional groups attached to an aromatic ring is 1. The third-order valence-corrected chi connectivity index (χ3v) is 3.84. The van der Waals surface area contributed by atoms with E-state index in [0.717, 1.165) is 24.6 Å². The molecule has 1 saturated heterocycles. The van der Waals surface area contributed by atoms with Gasteiger partial charge in [0.15, 0.2) is 0 Å². The van der Waals surface area contributed by atoms with Crippen molar-refractivity contribution in [2.75, 3.05) is 18.8 Å². The van der Waals surface area contributed by atoms with Crippen LogP contribution < -0.4 is 5.73 Å². The van der Waals surface area contributed by atoms with Crippen molar-refractivity contribution in [3.8, 4) is 0 Å². The molecule has 0 radical (unpaired) electrons. The van der Waals surface area contributed by atoms with Gasteiger partial charge in [0.05, 0.1) is 4.92 Å². The first kappa shape index (κ1) is 13.8. The molecule has 0 amide bonds. The fourth-order valence-electron chi connectivity index (χ4n) is 2.56. The normalized spacial score (nSPS) is 21.0. The number of nitro groups is 1. The van der Waals surface area contributed by atoms with Gasteiger partial charge in [0.25, 0.3) is 5.69 Å². The van der Waals surface area contributed by atoms with E-state index in [0.29, 0.717) is 12.2 Å². The monoisotopic (exact) mass is 263 g/mol. The molecule has 1 aromatic rings. The maximum absolute atomic E-state index is 10.8. The van der Waals surface area contributed by atoms with E-state index in [1.54, 1.807) is 12.1 Å². The van der Waals surface area contributed by atoms with Gasteiger partial charge in [-0.05, 0) is 49.9 Å². The largest absolute Gasteiger partial charge is 0.398 e. The second-order valence-corrected chi connectivity index (χ2v) is 5.45. The number of anilines is 1. The zero-order valence-corrected chi connectivity index (χ0v) is 11.3. The van der Waals surface area contributed by atoms with Gasteiger partial charge in [0.1, 0.15) is 0 Å². The molecule has 1 aliphatic heterocycles. The van der Waals surface area contributed by atoms with E-state index in [-0.39, 0.29) is 10.6 Å². The van der Waals surface area contributed by atoms with Crippen LogP contribution in [0.25, 0.3) is 0 Å². The molecule has 2 N–H and O–H groups in total. The van der Waals surface area contributed by atoms with Crippen molar-refractivity contribution in [2.24, 2.45) is 5.92 Å². The molecule has 1 atom stereocenters. The van der Waals surface area contributed by atoms with Crippen molar-refractivity contribution in [3.63, 3.8) is 0 Å². The number of likely N-dealkylation sites (tertiary alicyclic amines) is 1. The summed E-state index contributed by atoms with van der Waals surface area (Å²) in [6, 6.07) is 4.70. The van der Waals surface area contributed by atoms with Gasteiger partial charge < -0.3 is 5.73 Å². The Hall–Kier alpha value is -1.62. The average molecular weight is 263 g/mol. The predicted octanol–water partition coefficient (Wildman–Crippen LogP) is 2.80. The molecule has 1 heterocycles. The molecule has 0 aromatic heterocycles. The summed E-state index contributed by atoms with van der Waals surface area (Å²) in [5.41, 5.74) is 7.55. The smallest absolute Gasteiger partial charge is 0.269 e. The van der Waals surface area contributed by atoms with Crippen molar-refractivity contribution in [2.45, 2.75) is 32.7 Å². The van der Waals surface area contributed by atoms with Crippen molar-refractivity contribution in [1.29, 1.82) is 0 Å². The molecule has 19 heavy (non-hydrogen) atoms. The Labute approximate surface area is 113 Å². The summed E-state index contributed by atoms with van der Waals surface area (Å²) in [6.07, 6.45) is 3.64. The van der Waals surface area contributed by atoms with Gasteiger partial charge in [-0.25, -0.2) is 0 Å². The van der Waals surface area contributed by atoms with Gasteiger partial charge in [-0.2, -0.15) is 0 Å². The molecule has 2 rings (SSSR count). The second kappa shape index (κ2) is 6.02. The van der Waals surface area contributed by atoms with Crippen LogP contribution in [-0.4, -0.2) is 22.9 Å². The minimum absolute atomic E-state index is 0.118. The third-order valence-electron chi connectivity index (χ3n) is 3.84. The first-order valence-electron chi connectivity index (χ1n) is 6.81.